The number of benzene rings is 3. The maximum Gasteiger partial charge on any atom is 0.255 e. The lowest BCUT2D eigenvalue weighted by Gasteiger charge is -2.18. The fourth-order valence-corrected chi connectivity index (χ4v) is 5.25. The Balaban J connectivity index is 1.61. The molecular weight excluding hydrogens is 428 g/mol. The van der Waals surface area contributed by atoms with Crippen LogP contribution in [0.2, 0.25) is 0 Å². The molecule has 1 aliphatic rings. The molecule has 3 aromatic rings. The SMILES string of the molecule is COc1ccc(C(=O)Nc2ccccc2Oc2ccccc2)cc1S(=O)(=O)N1CCCC1. The minimum atomic E-state index is -3.76. The highest BCUT2D eigenvalue weighted by molar-refractivity contribution is 7.89. The predicted molar refractivity (Wildman–Crippen MR) is 122 cm³/mol. The average Bonchev–Trinajstić information content (AvgIpc) is 3.36. The first-order chi connectivity index (χ1) is 15.5. The number of rotatable bonds is 7. The van der Waals surface area contributed by atoms with Crippen LogP contribution in [0.5, 0.6) is 17.2 Å². The lowest BCUT2D eigenvalue weighted by molar-refractivity contribution is 0.102. The molecule has 1 heterocycles. The Labute approximate surface area is 187 Å². The topological polar surface area (TPSA) is 84.9 Å². The first-order valence-corrected chi connectivity index (χ1v) is 11.7. The van der Waals surface area contributed by atoms with E-state index in [0.717, 1.165) is 12.8 Å². The van der Waals surface area contributed by atoms with Gasteiger partial charge in [-0.15, -0.1) is 0 Å². The second-order valence-electron chi connectivity index (χ2n) is 7.34. The largest absolute Gasteiger partial charge is 0.495 e. The fourth-order valence-electron chi connectivity index (χ4n) is 3.56. The van der Waals surface area contributed by atoms with E-state index >= 15 is 0 Å². The van der Waals surface area contributed by atoms with Crippen molar-refractivity contribution in [2.45, 2.75) is 17.7 Å². The van der Waals surface area contributed by atoms with Crippen LogP contribution in [0.4, 0.5) is 5.69 Å². The number of amides is 1. The van der Waals surface area contributed by atoms with Crippen LogP contribution in [-0.2, 0) is 10.0 Å². The van der Waals surface area contributed by atoms with Gasteiger partial charge in [0.15, 0.2) is 5.75 Å². The van der Waals surface area contributed by atoms with Gasteiger partial charge in [0.2, 0.25) is 10.0 Å². The molecule has 0 spiro atoms. The average molecular weight is 453 g/mol. The van der Waals surface area contributed by atoms with E-state index in [1.165, 1.54) is 29.6 Å². The molecule has 1 amide bonds. The standard InChI is InChI=1S/C24H24N2O5S/c1-30-22-14-13-18(17-23(22)32(28,29)26-15-7-8-16-26)24(27)25-20-11-5-6-12-21(20)31-19-9-3-2-4-10-19/h2-6,9-14,17H,7-8,15-16H2,1H3,(H,25,27). The van der Waals surface area contributed by atoms with Gasteiger partial charge in [0, 0.05) is 18.7 Å². The summed E-state index contributed by atoms with van der Waals surface area (Å²) in [5.74, 6) is 0.874. The molecule has 1 saturated heterocycles. The number of ether oxygens (including phenoxy) is 2. The Hall–Kier alpha value is -3.36. The van der Waals surface area contributed by atoms with E-state index in [0.29, 0.717) is 30.3 Å². The van der Waals surface area contributed by atoms with Crippen molar-refractivity contribution in [3.63, 3.8) is 0 Å². The minimum Gasteiger partial charge on any atom is -0.495 e. The van der Waals surface area contributed by atoms with Crippen molar-refractivity contribution in [2.75, 3.05) is 25.5 Å². The summed E-state index contributed by atoms with van der Waals surface area (Å²) in [6, 6.07) is 20.7. The van der Waals surface area contributed by atoms with Crippen LogP contribution in [0, 0.1) is 0 Å². The molecule has 0 atom stereocenters. The number of nitrogens with zero attached hydrogens (tertiary/aromatic N) is 1. The molecule has 1 aliphatic heterocycles. The van der Waals surface area contributed by atoms with Crippen LogP contribution in [0.25, 0.3) is 0 Å². The molecule has 7 nitrogen and oxygen atoms in total. The summed E-state index contributed by atoms with van der Waals surface area (Å²) in [4.78, 5) is 13.0. The van der Waals surface area contributed by atoms with Crippen molar-refractivity contribution in [1.82, 2.24) is 4.31 Å². The normalized spacial score (nSPS) is 14.2. The highest BCUT2D eigenvalue weighted by Crippen LogP contribution is 2.32. The van der Waals surface area contributed by atoms with Crippen molar-refractivity contribution in [3.05, 3.63) is 78.4 Å². The lowest BCUT2D eigenvalue weighted by Crippen LogP contribution is -2.28. The quantitative estimate of drug-likeness (QED) is 0.570. The van der Waals surface area contributed by atoms with Gasteiger partial charge in [-0.05, 0) is 55.3 Å². The minimum absolute atomic E-state index is 0.0108. The van der Waals surface area contributed by atoms with Gasteiger partial charge in [-0.3, -0.25) is 4.79 Å². The summed E-state index contributed by atoms with van der Waals surface area (Å²) in [6.07, 6.45) is 1.64. The summed E-state index contributed by atoms with van der Waals surface area (Å²) in [6.45, 7) is 0.929. The number of hydrogen-bond acceptors (Lipinski definition) is 5. The number of carbonyl (C=O) groups excluding carboxylic acids is 1. The number of nitrogens with one attached hydrogen (secondary N) is 1. The summed E-state index contributed by atoms with van der Waals surface area (Å²) >= 11 is 0. The first-order valence-electron chi connectivity index (χ1n) is 10.3. The molecule has 166 valence electrons. The second kappa shape index (κ2) is 9.42. The molecule has 0 aromatic heterocycles. The number of methoxy groups -OCH3 is 1. The molecule has 32 heavy (non-hydrogen) atoms. The zero-order chi connectivity index (χ0) is 22.6. The summed E-state index contributed by atoms with van der Waals surface area (Å²) in [5, 5.41) is 2.82. The number of carbonyl (C=O) groups is 1. The van der Waals surface area contributed by atoms with Gasteiger partial charge >= 0.3 is 0 Å². The van der Waals surface area contributed by atoms with E-state index in [1.54, 1.807) is 18.2 Å². The Morgan fingerprint density at radius 3 is 2.31 bits per heavy atom. The lowest BCUT2D eigenvalue weighted by atomic mass is 10.2. The van der Waals surface area contributed by atoms with Gasteiger partial charge in [0.05, 0.1) is 12.8 Å². The van der Waals surface area contributed by atoms with Gasteiger partial charge < -0.3 is 14.8 Å². The highest BCUT2D eigenvalue weighted by atomic mass is 32.2. The molecule has 0 unspecified atom stereocenters. The third-order valence-corrected chi connectivity index (χ3v) is 7.13. The molecule has 0 radical (unpaired) electrons. The van der Waals surface area contributed by atoms with Crippen LogP contribution in [0.1, 0.15) is 23.2 Å². The zero-order valence-corrected chi connectivity index (χ0v) is 18.5. The third-order valence-electron chi connectivity index (χ3n) is 5.21. The zero-order valence-electron chi connectivity index (χ0n) is 17.7. The molecule has 0 aliphatic carbocycles. The molecule has 1 N–H and O–H groups in total. The van der Waals surface area contributed by atoms with Gasteiger partial charge in [0.1, 0.15) is 16.4 Å². The second-order valence-corrected chi connectivity index (χ2v) is 9.25. The highest BCUT2D eigenvalue weighted by Gasteiger charge is 2.30. The smallest absolute Gasteiger partial charge is 0.255 e. The Kier molecular flexibility index (Phi) is 6.43. The van der Waals surface area contributed by atoms with E-state index in [9.17, 15) is 13.2 Å². The van der Waals surface area contributed by atoms with Crippen LogP contribution in [0.3, 0.4) is 0 Å². The Bertz CT molecular complexity index is 1210. The van der Waals surface area contributed by atoms with E-state index in [-0.39, 0.29) is 16.2 Å². The van der Waals surface area contributed by atoms with Crippen molar-refractivity contribution in [1.29, 1.82) is 0 Å². The van der Waals surface area contributed by atoms with Gasteiger partial charge in [0.25, 0.3) is 5.91 Å². The Morgan fingerprint density at radius 1 is 0.906 bits per heavy atom. The van der Waals surface area contributed by atoms with Gasteiger partial charge in [-0.2, -0.15) is 4.31 Å². The van der Waals surface area contributed by atoms with Crippen LogP contribution in [0.15, 0.2) is 77.7 Å². The number of anilines is 1. The monoisotopic (exact) mass is 452 g/mol. The molecule has 0 saturated carbocycles. The van der Waals surface area contributed by atoms with Crippen LogP contribution < -0.4 is 14.8 Å². The van der Waals surface area contributed by atoms with E-state index in [2.05, 4.69) is 5.32 Å². The van der Waals surface area contributed by atoms with Crippen molar-refractivity contribution < 1.29 is 22.7 Å². The Morgan fingerprint density at radius 2 is 1.59 bits per heavy atom. The molecule has 1 fully saturated rings. The summed E-state index contributed by atoms with van der Waals surface area (Å²) < 4.78 is 38.8. The van der Waals surface area contributed by atoms with Gasteiger partial charge in [-0.25, -0.2) is 8.42 Å². The maximum atomic E-state index is 13.1. The summed E-state index contributed by atoms with van der Waals surface area (Å²) in [5.41, 5.74) is 0.680. The number of sulfonamides is 1. The number of hydrogen-bond donors (Lipinski definition) is 1. The van der Waals surface area contributed by atoms with Crippen LogP contribution in [-0.4, -0.2) is 38.8 Å². The molecule has 4 rings (SSSR count). The van der Waals surface area contributed by atoms with Crippen LogP contribution >= 0.6 is 0 Å². The van der Waals surface area contributed by atoms with E-state index in [1.807, 2.05) is 36.4 Å². The van der Waals surface area contributed by atoms with E-state index < -0.39 is 15.9 Å². The van der Waals surface area contributed by atoms with Crippen molar-refractivity contribution >= 4 is 21.6 Å². The maximum absolute atomic E-state index is 13.1. The molecule has 3 aromatic carbocycles. The number of para-hydroxylation sites is 3. The third kappa shape index (κ3) is 4.61. The summed E-state index contributed by atoms with van der Waals surface area (Å²) in [7, 11) is -2.34. The fraction of sp³-hybridized carbons (Fsp3) is 0.208. The first kappa shape index (κ1) is 21.9. The molecule has 0 bridgehead atoms. The predicted octanol–water partition coefficient (Wildman–Crippen LogP) is 4.52. The molecule has 8 heteroatoms. The molecular formula is C24H24N2O5S. The van der Waals surface area contributed by atoms with Crippen molar-refractivity contribution in [2.24, 2.45) is 0 Å². The van der Waals surface area contributed by atoms with Crippen molar-refractivity contribution in [3.8, 4) is 17.2 Å². The van der Waals surface area contributed by atoms with E-state index in [4.69, 9.17) is 9.47 Å². The van der Waals surface area contributed by atoms with Gasteiger partial charge in [-0.1, -0.05) is 30.3 Å².